The first-order valence-corrected chi connectivity index (χ1v) is 3.94. The Balaban J connectivity index is 0.00000196. The van der Waals surface area contributed by atoms with E-state index in [0.29, 0.717) is 0 Å². The maximum absolute atomic E-state index is 10.5. The Bertz CT molecular complexity index is 221. The molecule has 0 bridgehead atoms. The number of ether oxygens (including phenoxy) is 2. The van der Waals surface area contributed by atoms with Gasteiger partial charge >= 0.3 is 5.97 Å². The minimum atomic E-state index is -1.67. The van der Waals surface area contributed by atoms with E-state index in [2.05, 4.69) is 4.74 Å². The first kappa shape index (κ1) is 15.3. The monoisotopic (exact) mass is 231 g/mol. The van der Waals surface area contributed by atoms with Gasteiger partial charge in [0.15, 0.2) is 12.4 Å². The Kier molecular flexibility index (Phi) is 6.23. The van der Waals surface area contributed by atoms with Crippen LogP contribution in [0, 0.1) is 0 Å². The molecule has 0 aromatic rings. The summed E-state index contributed by atoms with van der Waals surface area (Å²) in [5.41, 5.74) is 0. The third kappa shape index (κ3) is 3.11. The minimum absolute atomic E-state index is 0. The van der Waals surface area contributed by atoms with Crippen LogP contribution in [0.25, 0.3) is 0 Å². The second kappa shape index (κ2) is 6.12. The number of carboxylic acids is 1. The number of aliphatic hydroxyl groups is 3. The molecular weight excluding hydrogens is 219 g/mol. The van der Waals surface area contributed by atoms with Crippen molar-refractivity contribution in [2.24, 2.45) is 0 Å². The van der Waals surface area contributed by atoms with Crippen LogP contribution in [-0.2, 0) is 14.3 Å². The van der Waals surface area contributed by atoms with Gasteiger partial charge in [-0.1, -0.05) is 0 Å². The van der Waals surface area contributed by atoms with Crippen LogP contribution >= 0.6 is 0 Å². The first-order valence-electron chi connectivity index (χ1n) is 3.94. The number of methoxy groups -OCH3 is 1. The van der Waals surface area contributed by atoms with E-state index in [0.717, 1.165) is 0 Å². The summed E-state index contributed by atoms with van der Waals surface area (Å²) < 4.78 is 9.31. The molecule has 0 aromatic carbocycles. The molecule has 8 heteroatoms. The van der Waals surface area contributed by atoms with Gasteiger partial charge in [0, 0.05) is 36.7 Å². The van der Waals surface area contributed by atoms with Gasteiger partial charge in [-0.05, 0) is 0 Å². The molecule has 1 aliphatic heterocycles. The molecule has 5 atom stereocenters. The van der Waals surface area contributed by atoms with Crippen LogP contribution in [-0.4, -0.2) is 93.8 Å². The van der Waals surface area contributed by atoms with Gasteiger partial charge in [0.25, 0.3) is 0 Å². The van der Waals surface area contributed by atoms with E-state index in [1.54, 1.807) is 0 Å². The fourth-order valence-corrected chi connectivity index (χ4v) is 1.25. The Morgan fingerprint density at radius 1 is 1.20 bits per heavy atom. The number of rotatable bonds is 2. The van der Waals surface area contributed by atoms with Crippen LogP contribution in [0.4, 0.5) is 0 Å². The summed E-state index contributed by atoms with van der Waals surface area (Å²) >= 11 is 0. The van der Waals surface area contributed by atoms with Crippen molar-refractivity contribution in [2.45, 2.75) is 30.7 Å². The topological polar surface area (TPSA) is 116 Å². The summed E-state index contributed by atoms with van der Waals surface area (Å²) in [7, 11) is 1.19. The summed E-state index contributed by atoms with van der Waals surface area (Å²) in [5, 5.41) is 36.3. The average molecular weight is 231 g/mol. The molecule has 4 N–H and O–H groups in total. The van der Waals surface area contributed by atoms with Crippen molar-refractivity contribution < 1.29 is 34.7 Å². The quantitative estimate of drug-likeness (QED) is 0.378. The Morgan fingerprint density at radius 2 is 1.73 bits per heavy atom. The Hall–Kier alpha value is 0.270. The van der Waals surface area contributed by atoms with Gasteiger partial charge in [0.1, 0.15) is 18.3 Å². The zero-order valence-electron chi connectivity index (χ0n) is 8.40. The van der Waals surface area contributed by atoms with Crippen molar-refractivity contribution in [2.75, 3.05) is 7.11 Å². The molecular formula is C7H12NaO7. The van der Waals surface area contributed by atoms with Gasteiger partial charge in [-0.15, -0.1) is 0 Å². The van der Waals surface area contributed by atoms with E-state index in [9.17, 15) is 20.1 Å². The molecule has 1 aliphatic rings. The summed E-state index contributed by atoms with van der Waals surface area (Å²) in [6, 6.07) is 0. The number of hydrogen-bond donors (Lipinski definition) is 4. The van der Waals surface area contributed by atoms with Gasteiger partial charge in [0.05, 0.1) is 0 Å². The predicted octanol–water partition coefficient (Wildman–Crippen LogP) is -2.86. The third-order valence-corrected chi connectivity index (χ3v) is 2.05. The normalized spacial score (nSPS) is 40.7. The van der Waals surface area contributed by atoms with E-state index in [4.69, 9.17) is 9.84 Å². The van der Waals surface area contributed by atoms with Gasteiger partial charge in [-0.2, -0.15) is 0 Å². The SMILES string of the molecule is CO[C@@H]1O[C@H](C(=O)O)[C@@H](O)[C@H](O)[C@H]1O.[Na]. The van der Waals surface area contributed by atoms with Crippen LogP contribution in [0.3, 0.4) is 0 Å². The van der Waals surface area contributed by atoms with Gasteiger partial charge in [0.2, 0.25) is 0 Å². The third-order valence-electron chi connectivity index (χ3n) is 2.05. The van der Waals surface area contributed by atoms with Crippen molar-refractivity contribution >= 4 is 35.5 Å². The fraction of sp³-hybridized carbons (Fsp3) is 0.857. The molecule has 0 unspecified atom stereocenters. The Labute approximate surface area is 108 Å². The summed E-state index contributed by atoms with van der Waals surface area (Å²) in [6.07, 6.45) is -7.60. The second-order valence-corrected chi connectivity index (χ2v) is 2.97. The minimum Gasteiger partial charge on any atom is -0.479 e. The molecule has 0 saturated carbocycles. The molecule has 1 saturated heterocycles. The first-order chi connectivity index (χ1) is 6.49. The van der Waals surface area contributed by atoms with Gasteiger partial charge in [-0.3, -0.25) is 0 Å². The van der Waals surface area contributed by atoms with Crippen molar-refractivity contribution in [1.82, 2.24) is 0 Å². The van der Waals surface area contributed by atoms with E-state index in [-0.39, 0.29) is 29.6 Å². The molecule has 0 amide bonds. The molecule has 0 aliphatic carbocycles. The fourth-order valence-electron chi connectivity index (χ4n) is 1.25. The maximum atomic E-state index is 10.5. The van der Waals surface area contributed by atoms with E-state index in [1.165, 1.54) is 7.11 Å². The van der Waals surface area contributed by atoms with Crippen molar-refractivity contribution in [1.29, 1.82) is 0 Å². The standard InChI is InChI=1S/C7H12O7.Na/c1-13-7-4(10)2(8)3(9)5(14-7)6(11)12;/h2-5,7-10H,1H3,(H,11,12);/t2-,3-,4+,5-,7+;/m0./s1. The number of aliphatic hydroxyl groups excluding tert-OH is 3. The summed E-state index contributed by atoms with van der Waals surface area (Å²) in [4.78, 5) is 10.5. The number of carbonyl (C=O) groups is 1. The molecule has 1 rings (SSSR count). The van der Waals surface area contributed by atoms with Crippen LogP contribution in [0.1, 0.15) is 0 Å². The van der Waals surface area contributed by atoms with E-state index >= 15 is 0 Å². The predicted molar refractivity (Wildman–Crippen MR) is 47.1 cm³/mol. The van der Waals surface area contributed by atoms with Crippen LogP contribution in [0.5, 0.6) is 0 Å². The molecule has 1 radical (unpaired) electrons. The van der Waals surface area contributed by atoms with Crippen molar-refractivity contribution in [3.8, 4) is 0 Å². The zero-order chi connectivity index (χ0) is 10.9. The molecule has 1 heterocycles. The van der Waals surface area contributed by atoms with Crippen LogP contribution in [0.15, 0.2) is 0 Å². The maximum Gasteiger partial charge on any atom is 0.335 e. The molecule has 15 heavy (non-hydrogen) atoms. The number of carboxylic acid groups (broad SMARTS) is 1. The van der Waals surface area contributed by atoms with Crippen molar-refractivity contribution in [3.05, 3.63) is 0 Å². The Morgan fingerprint density at radius 3 is 2.13 bits per heavy atom. The van der Waals surface area contributed by atoms with Crippen LogP contribution < -0.4 is 0 Å². The van der Waals surface area contributed by atoms with Crippen molar-refractivity contribution in [3.63, 3.8) is 0 Å². The molecule has 7 nitrogen and oxygen atoms in total. The zero-order valence-corrected chi connectivity index (χ0v) is 10.4. The summed E-state index contributed by atoms with van der Waals surface area (Å²) in [5.74, 6) is -1.43. The summed E-state index contributed by atoms with van der Waals surface area (Å²) in [6.45, 7) is 0. The number of aliphatic carboxylic acids is 1. The second-order valence-electron chi connectivity index (χ2n) is 2.97. The average Bonchev–Trinajstić information content (AvgIpc) is 2.14. The molecule has 83 valence electrons. The molecule has 1 fully saturated rings. The largest absolute Gasteiger partial charge is 0.479 e. The number of hydrogen-bond acceptors (Lipinski definition) is 6. The van der Waals surface area contributed by atoms with E-state index < -0.39 is 36.7 Å². The molecule has 0 spiro atoms. The van der Waals surface area contributed by atoms with Gasteiger partial charge < -0.3 is 29.9 Å². The van der Waals surface area contributed by atoms with E-state index in [1.807, 2.05) is 0 Å². The molecule has 0 aromatic heterocycles. The smallest absolute Gasteiger partial charge is 0.335 e. The van der Waals surface area contributed by atoms with Crippen LogP contribution in [0.2, 0.25) is 0 Å². The van der Waals surface area contributed by atoms with Gasteiger partial charge in [-0.25, -0.2) is 4.79 Å².